The molecule has 0 unspecified atom stereocenters. The zero-order valence-electron chi connectivity index (χ0n) is 11.5. The van der Waals surface area contributed by atoms with E-state index in [0.717, 1.165) is 21.5 Å². The van der Waals surface area contributed by atoms with Crippen molar-refractivity contribution in [3.05, 3.63) is 57.8 Å². The summed E-state index contributed by atoms with van der Waals surface area (Å²) in [5.74, 6) is 1.29. The van der Waals surface area contributed by atoms with Crippen LogP contribution in [-0.2, 0) is 6.54 Å². The molecule has 2 aromatic rings. The first-order valence-corrected chi connectivity index (χ1v) is 7.50. The molecule has 0 saturated carbocycles. The van der Waals surface area contributed by atoms with Crippen molar-refractivity contribution in [1.29, 1.82) is 0 Å². The summed E-state index contributed by atoms with van der Waals surface area (Å²) in [4.78, 5) is 0. The Bertz CT molecular complexity index is 663. The summed E-state index contributed by atoms with van der Waals surface area (Å²) in [6.45, 7) is 2.80. The lowest BCUT2D eigenvalue weighted by atomic mass is 10.1. The maximum atomic E-state index is 13.7. The Labute approximate surface area is 131 Å². The lowest BCUT2D eigenvalue weighted by Gasteiger charge is -2.16. The summed E-state index contributed by atoms with van der Waals surface area (Å²) in [7, 11) is 0. The van der Waals surface area contributed by atoms with Gasteiger partial charge in [0.1, 0.15) is 5.82 Å². The Morgan fingerprint density at radius 3 is 2.71 bits per heavy atom. The topological polar surface area (TPSA) is 30.5 Å². The van der Waals surface area contributed by atoms with Crippen LogP contribution in [0.4, 0.5) is 4.39 Å². The van der Waals surface area contributed by atoms with Gasteiger partial charge in [0, 0.05) is 22.6 Å². The molecule has 2 aromatic carbocycles. The highest BCUT2D eigenvalue weighted by molar-refractivity contribution is 9.10. The second-order valence-corrected chi connectivity index (χ2v) is 5.78. The highest BCUT2D eigenvalue weighted by Gasteiger charge is 2.17. The Morgan fingerprint density at radius 1 is 1.24 bits per heavy atom. The molecule has 5 heteroatoms. The molecule has 1 N–H and O–H groups in total. The number of fused-ring (bicyclic) bond motifs is 1. The van der Waals surface area contributed by atoms with Crippen LogP contribution < -0.4 is 14.8 Å². The van der Waals surface area contributed by atoms with Gasteiger partial charge in [0.2, 0.25) is 6.79 Å². The van der Waals surface area contributed by atoms with Crippen molar-refractivity contribution in [2.75, 3.05) is 6.79 Å². The molecule has 21 heavy (non-hydrogen) atoms. The molecule has 0 aliphatic carbocycles. The van der Waals surface area contributed by atoms with Gasteiger partial charge in [-0.05, 0) is 30.7 Å². The van der Waals surface area contributed by atoms with Gasteiger partial charge < -0.3 is 14.8 Å². The first-order valence-electron chi connectivity index (χ1n) is 6.71. The molecule has 1 atom stereocenters. The van der Waals surface area contributed by atoms with Gasteiger partial charge in [-0.3, -0.25) is 0 Å². The third kappa shape index (κ3) is 3.04. The molecule has 0 radical (unpaired) electrons. The van der Waals surface area contributed by atoms with Crippen molar-refractivity contribution in [2.45, 2.75) is 19.5 Å². The minimum Gasteiger partial charge on any atom is -0.454 e. The monoisotopic (exact) mass is 351 g/mol. The molecule has 0 amide bonds. The minimum atomic E-state index is -0.192. The Balaban J connectivity index is 1.72. The summed E-state index contributed by atoms with van der Waals surface area (Å²) in [5.41, 5.74) is 1.71. The molecular formula is C16H15BrFNO2. The Hall–Kier alpha value is -1.59. The van der Waals surface area contributed by atoms with E-state index in [1.54, 1.807) is 12.1 Å². The van der Waals surface area contributed by atoms with Crippen molar-refractivity contribution in [3.63, 3.8) is 0 Å². The molecule has 0 fully saturated rings. The fourth-order valence-electron chi connectivity index (χ4n) is 2.29. The van der Waals surface area contributed by atoms with E-state index < -0.39 is 0 Å². The number of hydrogen-bond donors (Lipinski definition) is 1. The SMILES string of the molecule is C[C@@H](NCc1cc2c(cc1Br)OCO2)c1ccccc1F. The first-order chi connectivity index (χ1) is 10.1. The highest BCUT2D eigenvalue weighted by atomic mass is 79.9. The molecule has 1 aliphatic heterocycles. The van der Waals surface area contributed by atoms with Gasteiger partial charge in [0.05, 0.1) is 0 Å². The largest absolute Gasteiger partial charge is 0.454 e. The van der Waals surface area contributed by atoms with E-state index in [4.69, 9.17) is 9.47 Å². The second kappa shape index (κ2) is 6.03. The van der Waals surface area contributed by atoms with Gasteiger partial charge >= 0.3 is 0 Å². The van der Waals surface area contributed by atoms with Crippen LogP contribution in [0.25, 0.3) is 0 Å². The van der Waals surface area contributed by atoms with E-state index in [2.05, 4.69) is 21.2 Å². The second-order valence-electron chi connectivity index (χ2n) is 4.92. The fraction of sp³-hybridized carbons (Fsp3) is 0.250. The van der Waals surface area contributed by atoms with Gasteiger partial charge in [-0.15, -0.1) is 0 Å². The fourth-order valence-corrected chi connectivity index (χ4v) is 2.76. The maximum Gasteiger partial charge on any atom is 0.231 e. The Kier molecular flexibility index (Phi) is 4.12. The van der Waals surface area contributed by atoms with Crippen LogP contribution >= 0.6 is 15.9 Å². The number of nitrogens with one attached hydrogen (secondary N) is 1. The zero-order chi connectivity index (χ0) is 14.8. The van der Waals surface area contributed by atoms with Gasteiger partial charge in [-0.25, -0.2) is 4.39 Å². The summed E-state index contributed by atoms with van der Waals surface area (Å²) in [6.07, 6.45) is 0. The van der Waals surface area contributed by atoms with Gasteiger partial charge in [-0.1, -0.05) is 34.1 Å². The molecular weight excluding hydrogens is 337 g/mol. The molecule has 0 saturated heterocycles. The summed E-state index contributed by atoms with van der Waals surface area (Å²) >= 11 is 3.52. The van der Waals surface area contributed by atoms with E-state index in [-0.39, 0.29) is 18.7 Å². The van der Waals surface area contributed by atoms with E-state index in [9.17, 15) is 4.39 Å². The summed E-state index contributed by atoms with van der Waals surface area (Å²) in [6, 6.07) is 10.6. The molecule has 0 spiro atoms. The number of halogens is 2. The average Bonchev–Trinajstić information content (AvgIpc) is 2.92. The van der Waals surface area contributed by atoms with Crippen LogP contribution in [0.2, 0.25) is 0 Å². The zero-order valence-corrected chi connectivity index (χ0v) is 13.1. The van der Waals surface area contributed by atoms with Crippen molar-refractivity contribution in [2.24, 2.45) is 0 Å². The van der Waals surface area contributed by atoms with Crippen LogP contribution in [0.1, 0.15) is 24.1 Å². The summed E-state index contributed by atoms with van der Waals surface area (Å²) in [5, 5.41) is 3.32. The summed E-state index contributed by atoms with van der Waals surface area (Å²) < 4.78 is 25.4. The number of ether oxygens (including phenoxy) is 2. The number of benzene rings is 2. The van der Waals surface area contributed by atoms with Crippen molar-refractivity contribution in [3.8, 4) is 11.5 Å². The van der Waals surface area contributed by atoms with Gasteiger partial charge in [0.25, 0.3) is 0 Å². The normalized spacial score (nSPS) is 14.2. The highest BCUT2D eigenvalue weighted by Crippen LogP contribution is 2.37. The smallest absolute Gasteiger partial charge is 0.231 e. The minimum absolute atomic E-state index is 0.0801. The molecule has 0 bridgehead atoms. The van der Waals surface area contributed by atoms with Gasteiger partial charge in [-0.2, -0.15) is 0 Å². The molecule has 3 nitrogen and oxygen atoms in total. The molecule has 0 aromatic heterocycles. The van der Waals surface area contributed by atoms with Crippen molar-refractivity contribution >= 4 is 15.9 Å². The first kappa shape index (κ1) is 14.4. The molecule has 3 rings (SSSR count). The third-order valence-corrected chi connectivity index (χ3v) is 4.25. The van der Waals surface area contributed by atoms with Crippen LogP contribution in [0, 0.1) is 5.82 Å². The van der Waals surface area contributed by atoms with E-state index in [0.29, 0.717) is 12.1 Å². The van der Waals surface area contributed by atoms with Gasteiger partial charge in [0.15, 0.2) is 11.5 Å². The lowest BCUT2D eigenvalue weighted by molar-refractivity contribution is 0.174. The standard InChI is InChI=1S/C16H15BrFNO2/c1-10(12-4-2-3-5-14(12)18)19-8-11-6-15-16(7-13(11)17)21-9-20-15/h2-7,10,19H,8-9H2,1H3/t10-/m1/s1. The van der Waals surface area contributed by atoms with Crippen LogP contribution in [0.15, 0.2) is 40.9 Å². The predicted molar refractivity (Wildman–Crippen MR) is 81.9 cm³/mol. The van der Waals surface area contributed by atoms with Crippen molar-refractivity contribution < 1.29 is 13.9 Å². The molecule has 1 heterocycles. The van der Waals surface area contributed by atoms with Crippen LogP contribution in [0.3, 0.4) is 0 Å². The van der Waals surface area contributed by atoms with E-state index in [1.165, 1.54) is 6.07 Å². The number of rotatable bonds is 4. The molecule has 110 valence electrons. The quantitative estimate of drug-likeness (QED) is 0.896. The molecule has 1 aliphatic rings. The van der Waals surface area contributed by atoms with Crippen LogP contribution in [-0.4, -0.2) is 6.79 Å². The average molecular weight is 352 g/mol. The third-order valence-electron chi connectivity index (χ3n) is 3.51. The van der Waals surface area contributed by atoms with E-state index in [1.807, 2.05) is 25.1 Å². The predicted octanol–water partition coefficient (Wildman–Crippen LogP) is 4.17. The Morgan fingerprint density at radius 2 is 1.95 bits per heavy atom. The maximum absolute atomic E-state index is 13.7. The lowest BCUT2D eigenvalue weighted by Crippen LogP contribution is -2.19. The van der Waals surface area contributed by atoms with Crippen LogP contribution in [0.5, 0.6) is 11.5 Å². The van der Waals surface area contributed by atoms with E-state index >= 15 is 0 Å². The number of hydrogen-bond acceptors (Lipinski definition) is 3. The van der Waals surface area contributed by atoms with Crippen molar-refractivity contribution in [1.82, 2.24) is 5.32 Å².